The quantitative estimate of drug-likeness (QED) is 0.483. The predicted octanol–water partition coefficient (Wildman–Crippen LogP) is -0.851. The van der Waals surface area contributed by atoms with Crippen LogP contribution >= 0.6 is 0 Å². The summed E-state index contributed by atoms with van der Waals surface area (Å²) in [5.41, 5.74) is 2.45. The number of carbonyl (C=O) groups is 1. The molecule has 1 heterocycles. The number of hydrogen-bond acceptors (Lipinski definition) is 3. The van der Waals surface area contributed by atoms with Crippen LogP contribution in [0.4, 0.5) is 0 Å². The fourth-order valence-corrected chi connectivity index (χ4v) is 0.562. The van der Waals surface area contributed by atoms with Crippen molar-refractivity contribution >= 4 is 5.91 Å². The highest BCUT2D eigenvalue weighted by Crippen LogP contribution is 1.96. The molecule has 9 heavy (non-hydrogen) atoms. The van der Waals surface area contributed by atoms with E-state index in [9.17, 15) is 4.79 Å². The number of likely N-dealkylation sites (N-methyl/N-ethyl adjacent to an activating group) is 1. The standard InChI is InChI=1S/C5H8N2O2/c1-6-5(8)4-2-3-7-9-4/h2-4,7H,1H3,(H,6,8). The predicted molar refractivity (Wildman–Crippen MR) is 31.2 cm³/mol. The third-order valence-corrected chi connectivity index (χ3v) is 1.04. The molecule has 0 spiro atoms. The van der Waals surface area contributed by atoms with Crippen molar-refractivity contribution < 1.29 is 9.63 Å². The van der Waals surface area contributed by atoms with E-state index in [4.69, 9.17) is 4.84 Å². The molecule has 2 N–H and O–H groups in total. The lowest BCUT2D eigenvalue weighted by molar-refractivity contribution is -0.130. The molecule has 0 aromatic carbocycles. The van der Waals surface area contributed by atoms with Gasteiger partial charge in [-0.15, -0.1) is 0 Å². The summed E-state index contributed by atoms with van der Waals surface area (Å²) in [6.45, 7) is 0. The summed E-state index contributed by atoms with van der Waals surface area (Å²) in [6.07, 6.45) is 2.76. The highest BCUT2D eigenvalue weighted by atomic mass is 16.7. The van der Waals surface area contributed by atoms with E-state index in [2.05, 4.69) is 10.8 Å². The first-order valence-corrected chi connectivity index (χ1v) is 2.64. The van der Waals surface area contributed by atoms with E-state index in [-0.39, 0.29) is 5.91 Å². The Kier molecular flexibility index (Phi) is 1.69. The molecule has 4 heteroatoms. The van der Waals surface area contributed by atoms with Crippen LogP contribution in [0.2, 0.25) is 0 Å². The molecule has 0 aromatic rings. The van der Waals surface area contributed by atoms with E-state index >= 15 is 0 Å². The fraction of sp³-hybridized carbons (Fsp3) is 0.400. The van der Waals surface area contributed by atoms with Crippen LogP contribution in [-0.4, -0.2) is 19.1 Å². The first-order valence-electron chi connectivity index (χ1n) is 2.64. The largest absolute Gasteiger partial charge is 0.357 e. The zero-order valence-electron chi connectivity index (χ0n) is 5.05. The van der Waals surface area contributed by atoms with Crippen molar-refractivity contribution in [3.05, 3.63) is 12.3 Å². The highest BCUT2D eigenvalue weighted by Gasteiger charge is 2.16. The summed E-state index contributed by atoms with van der Waals surface area (Å²) in [5.74, 6) is -0.142. The Labute approximate surface area is 52.8 Å². The normalized spacial score (nSPS) is 23.4. The van der Waals surface area contributed by atoms with Gasteiger partial charge in [0.1, 0.15) is 0 Å². The number of rotatable bonds is 1. The van der Waals surface area contributed by atoms with Crippen LogP contribution in [-0.2, 0) is 9.63 Å². The molecule has 1 amide bonds. The molecule has 0 aliphatic carbocycles. The first-order chi connectivity index (χ1) is 4.34. The summed E-state index contributed by atoms with van der Waals surface area (Å²) in [5, 5.41) is 2.45. The molecule has 4 nitrogen and oxygen atoms in total. The molecule has 1 rings (SSSR count). The van der Waals surface area contributed by atoms with Crippen LogP contribution in [0.5, 0.6) is 0 Å². The molecule has 0 bridgehead atoms. The summed E-state index contributed by atoms with van der Waals surface area (Å²) in [4.78, 5) is 15.4. The van der Waals surface area contributed by atoms with Crippen molar-refractivity contribution in [1.29, 1.82) is 0 Å². The van der Waals surface area contributed by atoms with Gasteiger partial charge in [0.05, 0.1) is 0 Å². The zero-order chi connectivity index (χ0) is 6.69. The van der Waals surface area contributed by atoms with Gasteiger partial charge in [-0.2, -0.15) is 0 Å². The summed E-state index contributed by atoms with van der Waals surface area (Å²) in [6, 6.07) is 0. The Morgan fingerprint density at radius 2 is 2.67 bits per heavy atom. The smallest absolute Gasteiger partial charge is 0.255 e. The second-order valence-corrected chi connectivity index (χ2v) is 1.63. The second-order valence-electron chi connectivity index (χ2n) is 1.63. The average molecular weight is 128 g/mol. The highest BCUT2D eigenvalue weighted by molar-refractivity contribution is 5.82. The summed E-state index contributed by atoms with van der Waals surface area (Å²) < 4.78 is 0. The molecule has 0 radical (unpaired) electrons. The average Bonchev–Trinajstić information content (AvgIpc) is 2.37. The van der Waals surface area contributed by atoms with Gasteiger partial charge >= 0.3 is 0 Å². The Balaban J connectivity index is 2.43. The molecule has 1 atom stereocenters. The molecule has 0 fully saturated rings. The van der Waals surface area contributed by atoms with Gasteiger partial charge in [-0.3, -0.25) is 15.1 Å². The number of carbonyl (C=O) groups excluding carboxylic acids is 1. The molecular weight excluding hydrogens is 120 g/mol. The van der Waals surface area contributed by atoms with Crippen molar-refractivity contribution in [2.75, 3.05) is 7.05 Å². The van der Waals surface area contributed by atoms with E-state index in [0.717, 1.165) is 0 Å². The van der Waals surface area contributed by atoms with Crippen molar-refractivity contribution in [2.24, 2.45) is 0 Å². The zero-order valence-corrected chi connectivity index (χ0v) is 5.05. The Morgan fingerprint density at radius 1 is 1.89 bits per heavy atom. The van der Waals surface area contributed by atoms with Gasteiger partial charge in [0, 0.05) is 13.2 Å². The van der Waals surface area contributed by atoms with Crippen molar-refractivity contribution in [3.8, 4) is 0 Å². The molecule has 1 aliphatic rings. The second kappa shape index (κ2) is 2.50. The first kappa shape index (κ1) is 6.10. The van der Waals surface area contributed by atoms with Gasteiger partial charge in [0.25, 0.3) is 5.91 Å². The van der Waals surface area contributed by atoms with E-state index < -0.39 is 6.10 Å². The number of hydrogen-bond donors (Lipinski definition) is 2. The van der Waals surface area contributed by atoms with Gasteiger partial charge in [-0.1, -0.05) is 0 Å². The van der Waals surface area contributed by atoms with Crippen LogP contribution in [0.25, 0.3) is 0 Å². The molecule has 0 saturated carbocycles. The van der Waals surface area contributed by atoms with Crippen molar-refractivity contribution in [2.45, 2.75) is 6.10 Å². The van der Waals surface area contributed by atoms with Gasteiger partial charge < -0.3 is 5.32 Å². The van der Waals surface area contributed by atoms with E-state index in [1.165, 1.54) is 0 Å². The number of hydroxylamine groups is 1. The monoisotopic (exact) mass is 128 g/mol. The maximum absolute atomic E-state index is 10.7. The van der Waals surface area contributed by atoms with Gasteiger partial charge in [-0.25, -0.2) is 0 Å². The lowest BCUT2D eigenvalue weighted by Crippen LogP contribution is -2.31. The van der Waals surface area contributed by atoms with Crippen LogP contribution in [0, 0.1) is 0 Å². The van der Waals surface area contributed by atoms with Crippen LogP contribution < -0.4 is 10.8 Å². The minimum Gasteiger partial charge on any atom is -0.357 e. The molecule has 50 valence electrons. The van der Waals surface area contributed by atoms with Crippen LogP contribution in [0.15, 0.2) is 12.3 Å². The minimum absolute atomic E-state index is 0.142. The number of nitrogens with one attached hydrogen (secondary N) is 2. The summed E-state index contributed by atoms with van der Waals surface area (Å²) >= 11 is 0. The minimum atomic E-state index is -0.463. The van der Waals surface area contributed by atoms with Gasteiger partial charge in [-0.05, 0) is 6.08 Å². The van der Waals surface area contributed by atoms with Crippen LogP contribution in [0.1, 0.15) is 0 Å². The van der Waals surface area contributed by atoms with Gasteiger partial charge in [0.15, 0.2) is 6.10 Å². The summed E-state index contributed by atoms with van der Waals surface area (Å²) in [7, 11) is 1.57. The molecular formula is C5H8N2O2. The molecule has 1 aliphatic heterocycles. The molecule has 0 aromatic heterocycles. The lowest BCUT2D eigenvalue weighted by atomic mass is 10.3. The van der Waals surface area contributed by atoms with E-state index in [1.807, 2.05) is 0 Å². The Morgan fingerprint density at radius 3 is 3.11 bits per heavy atom. The fourth-order valence-electron chi connectivity index (χ4n) is 0.562. The van der Waals surface area contributed by atoms with Crippen molar-refractivity contribution in [1.82, 2.24) is 10.8 Å². The SMILES string of the molecule is CNC(=O)C1C=CNO1. The third-order valence-electron chi connectivity index (χ3n) is 1.04. The Hall–Kier alpha value is -1.03. The van der Waals surface area contributed by atoms with E-state index in [0.29, 0.717) is 0 Å². The van der Waals surface area contributed by atoms with E-state index in [1.54, 1.807) is 19.3 Å². The molecule has 1 unspecified atom stereocenters. The van der Waals surface area contributed by atoms with Crippen LogP contribution in [0.3, 0.4) is 0 Å². The third kappa shape index (κ3) is 1.20. The van der Waals surface area contributed by atoms with Crippen molar-refractivity contribution in [3.63, 3.8) is 0 Å². The molecule has 0 saturated heterocycles. The number of amides is 1. The lowest BCUT2D eigenvalue weighted by Gasteiger charge is -2.03. The Bertz CT molecular complexity index is 144. The maximum Gasteiger partial charge on any atom is 0.255 e. The van der Waals surface area contributed by atoms with Gasteiger partial charge in [0.2, 0.25) is 0 Å². The maximum atomic E-state index is 10.7. The topological polar surface area (TPSA) is 50.4 Å².